The van der Waals surface area contributed by atoms with Gasteiger partial charge >= 0.3 is 0 Å². The number of nitrogens with one attached hydrogen (secondary N) is 1. The van der Waals surface area contributed by atoms with Crippen molar-refractivity contribution in [1.29, 1.82) is 0 Å². The second kappa shape index (κ2) is 7.63. The number of hydrogen-bond donors (Lipinski definition) is 1. The van der Waals surface area contributed by atoms with E-state index in [1.54, 1.807) is 6.33 Å². The molecule has 2 unspecified atom stereocenters. The smallest absolute Gasteiger partial charge is 0.138 e. The van der Waals surface area contributed by atoms with Crippen molar-refractivity contribution < 1.29 is 0 Å². The molecule has 0 bridgehead atoms. The fourth-order valence-electron chi connectivity index (χ4n) is 2.62. The summed E-state index contributed by atoms with van der Waals surface area (Å²) in [5.74, 6) is 2.95. The fourth-order valence-corrected chi connectivity index (χ4v) is 2.62. The van der Waals surface area contributed by atoms with E-state index in [0.29, 0.717) is 23.8 Å². The highest BCUT2D eigenvalue weighted by atomic mass is 15.3. The van der Waals surface area contributed by atoms with E-state index in [1.165, 1.54) is 0 Å². The molecular formula is C15H30N4. The minimum Gasteiger partial charge on any atom is -0.314 e. The Hall–Kier alpha value is -0.900. The molecule has 0 aliphatic rings. The van der Waals surface area contributed by atoms with Crippen molar-refractivity contribution in [1.82, 2.24) is 20.1 Å². The van der Waals surface area contributed by atoms with Gasteiger partial charge in [-0.1, -0.05) is 34.6 Å². The Labute approximate surface area is 118 Å². The van der Waals surface area contributed by atoms with Crippen molar-refractivity contribution in [3.63, 3.8) is 0 Å². The first kappa shape index (κ1) is 16.2. The first-order valence-electron chi connectivity index (χ1n) is 7.55. The van der Waals surface area contributed by atoms with E-state index in [0.717, 1.165) is 25.3 Å². The SMILES string of the molecule is CCNC(C)C(Cc1ncnn1CC(C)C)C(C)C. The Bertz CT molecular complexity index is 357. The van der Waals surface area contributed by atoms with E-state index in [2.05, 4.69) is 61.6 Å². The summed E-state index contributed by atoms with van der Waals surface area (Å²) in [6.07, 6.45) is 2.69. The van der Waals surface area contributed by atoms with E-state index in [4.69, 9.17) is 0 Å². The highest BCUT2D eigenvalue weighted by Crippen LogP contribution is 2.20. The van der Waals surface area contributed by atoms with Gasteiger partial charge in [0.1, 0.15) is 12.2 Å². The van der Waals surface area contributed by atoms with Crippen molar-refractivity contribution >= 4 is 0 Å². The van der Waals surface area contributed by atoms with Crippen LogP contribution in [0, 0.1) is 17.8 Å². The Morgan fingerprint density at radius 1 is 1.21 bits per heavy atom. The molecule has 4 heteroatoms. The summed E-state index contributed by atoms with van der Waals surface area (Å²) >= 11 is 0. The molecule has 0 spiro atoms. The van der Waals surface area contributed by atoms with Gasteiger partial charge in [0.2, 0.25) is 0 Å². The Balaban J connectivity index is 2.76. The normalized spacial score (nSPS) is 15.2. The fraction of sp³-hybridized carbons (Fsp3) is 0.867. The highest BCUT2D eigenvalue weighted by molar-refractivity contribution is 4.91. The van der Waals surface area contributed by atoms with Crippen LogP contribution in [0.15, 0.2) is 6.33 Å². The summed E-state index contributed by atoms with van der Waals surface area (Å²) in [7, 11) is 0. The lowest BCUT2D eigenvalue weighted by molar-refractivity contribution is 0.282. The highest BCUT2D eigenvalue weighted by Gasteiger charge is 2.23. The van der Waals surface area contributed by atoms with Gasteiger partial charge in [0.25, 0.3) is 0 Å². The molecule has 1 aromatic heterocycles. The van der Waals surface area contributed by atoms with Crippen LogP contribution in [0.1, 0.15) is 47.4 Å². The maximum Gasteiger partial charge on any atom is 0.138 e. The van der Waals surface area contributed by atoms with Gasteiger partial charge in [0.15, 0.2) is 0 Å². The molecule has 19 heavy (non-hydrogen) atoms. The van der Waals surface area contributed by atoms with E-state index >= 15 is 0 Å². The number of rotatable bonds is 8. The van der Waals surface area contributed by atoms with Crippen LogP contribution in [0.5, 0.6) is 0 Å². The van der Waals surface area contributed by atoms with Crippen LogP contribution in [0.25, 0.3) is 0 Å². The van der Waals surface area contributed by atoms with Gasteiger partial charge in [0, 0.05) is 19.0 Å². The zero-order chi connectivity index (χ0) is 14.4. The topological polar surface area (TPSA) is 42.7 Å². The molecule has 110 valence electrons. The quantitative estimate of drug-likeness (QED) is 0.787. The molecule has 0 fully saturated rings. The molecule has 0 aliphatic heterocycles. The van der Waals surface area contributed by atoms with Crippen LogP contribution < -0.4 is 5.32 Å². The van der Waals surface area contributed by atoms with Gasteiger partial charge in [-0.05, 0) is 31.2 Å². The second-order valence-electron chi connectivity index (χ2n) is 6.21. The van der Waals surface area contributed by atoms with Crippen LogP contribution in [-0.2, 0) is 13.0 Å². The minimum absolute atomic E-state index is 0.509. The van der Waals surface area contributed by atoms with Crippen molar-refractivity contribution in [2.75, 3.05) is 6.54 Å². The van der Waals surface area contributed by atoms with Crippen molar-refractivity contribution in [3.8, 4) is 0 Å². The molecule has 0 aliphatic carbocycles. The third kappa shape index (κ3) is 4.94. The molecular weight excluding hydrogens is 236 g/mol. The number of aromatic nitrogens is 3. The third-order valence-corrected chi connectivity index (χ3v) is 3.68. The van der Waals surface area contributed by atoms with E-state index < -0.39 is 0 Å². The third-order valence-electron chi connectivity index (χ3n) is 3.68. The van der Waals surface area contributed by atoms with Gasteiger partial charge in [0.05, 0.1) is 0 Å². The maximum absolute atomic E-state index is 4.46. The zero-order valence-electron chi connectivity index (χ0n) is 13.3. The second-order valence-corrected chi connectivity index (χ2v) is 6.21. The minimum atomic E-state index is 0.509. The van der Waals surface area contributed by atoms with Gasteiger partial charge in [-0.3, -0.25) is 0 Å². The lowest BCUT2D eigenvalue weighted by Gasteiger charge is -2.28. The summed E-state index contributed by atoms with van der Waals surface area (Å²) in [6, 6.07) is 0.509. The van der Waals surface area contributed by atoms with Gasteiger partial charge in [-0.15, -0.1) is 0 Å². The molecule has 1 rings (SSSR count). The standard InChI is InChI=1S/C15H30N4/c1-7-16-13(6)14(12(4)5)8-15-17-10-18-19(15)9-11(2)3/h10-14,16H,7-9H2,1-6H3. The average Bonchev–Trinajstić information content (AvgIpc) is 2.72. The molecule has 0 aromatic carbocycles. The summed E-state index contributed by atoms with van der Waals surface area (Å²) in [5, 5.41) is 7.90. The molecule has 1 aromatic rings. The first-order valence-corrected chi connectivity index (χ1v) is 7.55. The molecule has 0 saturated heterocycles. The first-order chi connectivity index (χ1) is 8.95. The predicted octanol–water partition coefficient (Wildman–Crippen LogP) is 2.75. The summed E-state index contributed by atoms with van der Waals surface area (Å²) in [5.41, 5.74) is 0. The van der Waals surface area contributed by atoms with E-state index in [9.17, 15) is 0 Å². The molecule has 1 heterocycles. The Kier molecular flexibility index (Phi) is 6.49. The van der Waals surface area contributed by atoms with Crippen LogP contribution in [0.2, 0.25) is 0 Å². The van der Waals surface area contributed by atoms with E-state index in [1.807, 2.05) is 0 Å². The van der Waals surface area contributed by atoms with Gasteiger partial charge in [-0.25, -0.2) is 9.67 Å². The summed E-state index contributed by atoms with van der Waals surface area (Å²) < 4.78 is 2.07. The van der Waals surface area contributed by atoms with Crippen LogP contribution in [0.4, 0.5) is 0 Å². The van der Waals surface area contributed by atoms with Crippen LogP contribution in [0.3, 0.4) is 0 Å². The molecule has 0 saturated carbocycles. The predicted molar refractivity (Wildman–Crippen MR) is 80.0 cm³/mol. The Morgan fingerprint density at radius 2 is 1.89 bits per heavy atom. The lowest BCUT2D eigenvalue weighted by atomic mass is 9.86. The largest absolute Gasteiger partial charge is 0.314 e. The lowest BCUT2D eigenvalue weighted by Crippen LogP contribution is -2.37. The average molecular weight is 266 g/mol. The monoisotopic (exact) mass is 266 g/mol. The number of hydrogen-bond acceptors (Lipinski definition) is 3. The van der Waals surface area contributed by atoms with Gasteiger partial charge < -0.3 is 5.32 Å². The molecule has 1 N–H and O–H groups in total. The van der Waals surface area contributed by atoms with Crippen molar-refractivity contribution in [2.24, 2.45) is 17.8 Å². The van der Waals surface area contributed by atoms with Crippen molar-refractivity contribution in [3.05, 3.63) is 12.2 Å². The number of nitrogens with zero attached hydrogens (tertiary/aromatic N) is 3. The zero-order valence-corrected chi connectivity index (χ0v) is 13.3. The summed E-state index contributed by atoms with van der Waals surface area (Å²) in [4.78, 5) is 4.46. The summed E-state index contributed by atoms with van der Waals surface area (Å²) in [6.45, 7) is 15.4. The van der Waals surface area contributed by atoms with Gasteiger partial charge in [-0.2, -0.15) is 5.10 Å². The molecule has 0 amide bonds. The maximum atomic E-state index is 4.46. The molecule has 4 nitrogen and oxygen atoms in total. The van der Waals surface area contributed by atoms with Crippen LogP contribution in [-0.4, -0.2) is 27.4 Å². The molecule has 0 radical (unpaired) electrons. The van der Waals surface area contributed by atoms with Crippen molar-refractivity contribution in [2.45, 2.75) is 60.5 Å². The molecule has 2 atom stereocenters. The van der Waals surface area contributed by atoms with E-state index in [-0.39, 0.29) is 0 Å². The van der Waals surface area contributed by atoms with Crippen LogP contribution >= 0.6 is 0 Å². The Morgan fingerprint density at radius 3 is 2.42 bits per heavy atom.